The van der Waals surface area contributed by atoms with Gasteiger partial charge in [-0.1, -0.05) is 30.3 Å². The van der Waals surface area contributed by atoms with Gasteiger partial charge in [0.15, 0.2) is 0 Å². The first-order chi connectivity index (χ1) is 8.79. The molecule has 1 aromatic rings. The molecular weight excluding hydrogens is 226 g/mol. The average Bonchev–Trinajstić information content (AvgIpc) is 2.42. The van der Waals surface area contributed by atoms with Gasteiger partial charge in [-0.15, -0.1) is 0 Å². The van der Waals surface area contributed by atoms with Crippen molar-refractivity contribution in [3.8, 4) is 0 Å². The molecule has 1 aliphatic rings. The molecule has 4 heteroatoms. The highest BCUT2D eigenvalue weighted by Gasteiger charge is 2.18. The highest BCUT2D eigenvalue weighted by molar-refractivity contribution is 5.18. The van der Waals surface area contributed by atoms with Gasteiger partial charge in [-0.2, -0.15) is 0 Å². The Balaban J connectivity index is 1.78. The van der Waals surface area contributed by atoms with Crippen molar-refractivity contribution in [1.29, 1.82) is 0 Å². The van der Waals surface area contributed by atoms with E-state index in [0.29, 0.717) is 0 Å². The van der Waals surface area contributed by atoms with Gasteiger partial charge in [0, 0.05) is 45.3 Å². The second kappa shape index (κ2) is 6.85. The van der Waals surface area contributed by atoms with Crippen LogP contribution in [0.2, 0.25) is 0 Å². The summed E-state index contributed by atoms with van der Waals surface area (Å²) in [6, 6.07) is 10.4. The summed E-state index contributed by atoms with van der Waals surface area (Å²) in [5.41, 5.74) is 7.43. The summed E-state index contributed by atoms with van der Waals surface area (Å²) >= 11 is 0. The highest BCUT2D eigenvalue weighted by atomic mass is 16.3. The van der Waals surface area contributed by atoms with Crippen LogP contribution < -0.4 is 5.73 Å². The van der Waals surface area contributed by atoms with Crippen LogP contribution in [0, 0.1) is 0 Å². The molecule has 1 unspecified atom stereocenters. The van der Waals surface area contributed by atoms with Gasteiger partial charge in [0.1, 0.15) is 0 Å². The van der Waals surface area contributed by atoms with E-state index in [1.807, 2.05) is 18.2 Å². The molecule has 1 saturated heterocycles. The maximum atomic E-state index is 8.90. The van der Waals surface area contributed by atoms with E-state index in [9.17, 15) is 0 Å². The maximum absolute atomic E-state index is 8.90. The number of rotatable bonds is 5. The summed E-state index contributed by atoms with van der Waals surface area (Å²) in [6.07, 6.45) is 0. The third kappa shape index (κ3) is 3.78. The minimum absolute atomic E-state index is 0.0931. The van der Waals surface area contributed by atoms with E-state index in [1.54, 1.807) is 0 Å². The van der Waals surface area contributed by atoms with E-state index >= 15 is 0 Å². The predicted octanol–water partition coefficient (Wildman–Crippen LogP) is 0.296. The van der Waals surface area contributed by atoms with Crippen molar-refractivity contribution in [1.82, 2.24) is 9.80 Å². The fourth-order valence-corrected chi connectivity index (χ4v) is 2.42. The van der Waals surface area contributed by atoms with E-state index in [4.69, 9.17) is 10.8 Å². The van der Waals surface area contributed by atoms with Crippen molar-refractivity contribution in [2.75, 3.05) is 45.9 Å². The topological polar surface area (TPSA) is 52.7 Å². The van der Waals surface area contributed by atoms with E-state index in [1.165, 1.54) is 5.56 Å². The van der Waals surface area contributed by atoms with Gasteiger partial charge in [0.25, 0.3) is 0 Å². The molecule has 0 amide bonds. The summed E-state index contributed by atoms with van der Waals surface area (Å²) in [4.78, 5) is 4.70. The highest BCUT2D eigenvalue weighted by Crippen LogP contribution is 2.12. The van der Waals surface area contributed by atoms with Gasteiger partial charge in [-0.3, -0.25) is 9.80 Å². The van der Waals surface area contributed by atoms with Crippen LogP contribution in [-0.4, -0.2) is 60.8 Å². The Hall–Kier alpha value is -0.940. The third-order valence-electron chi connectivity index (χ3n) is 3.56. The van der Waals surface area contributed by atoms with Crippen molar-refractivity contribution < 1.29 is 5.11 Å². The van der Waals surface area contributed by atoms with Crippen LogP contribution in [0.1, 0.15) is 11.6 Å². The number of aliphatic hydroxyl groups excluding tert-OH is 1. The molecule has 3 N–H and O–H groups in total. The van der Waals surface area contributed by atoms with Crippen molar-refractivity contribution in [2.45, 2.75) is 6.04 Å². The quantitative estimate of drug-likeness (QED) is 0.788. The van der Waals surface area contributed by atoms with Crippen LogP contribution in [0.4, 0.5) is 0 Å². The van der Waals surface area contributed by atoms with Gasteiger partial charge >= 0.3 is 0 Å². The zero-order valence-corrected chi connectivity index (χ0v) is 10.8. The van der Waals surface area contributed by atoms with E-state index in [-0.39, 0.29) is 12.6 Å². The number of nitrogens with zero attached hydrogens (tertiary/aromatic N) is 2. The number of hydrogen-bond acceptors (Lipinski definition) is 4. The minimum atomic E-state index is 0.0931. The first-order valence-electron chi connectivity index (χ1n) is 6.65. The standard InChI is InChI=1S/C14H23N3O/c15-14(13-4-2-1-3-5-13)12-17-8-6-16(7-9-17)10-11-18/h1-5,14,18H,6-12,15H2. The van der Waals surface area contributed by atoms with Crippen molar-refractivity contribution in [3.63, 3.8) is 0 Å². The fourth-order valence-electron chi connectivity index (χ4n) is 2.42. The summed E-state index contributed by atoms with van der Waals surface area (Å²) in [7, 11) is 0. The Bertz CT molecular complexity index is 336. The van der Waals surface area contributed by atoms with Crippen LogP contribution in [0.5, 0.6) is 0 Å². The number of aliphatic hydroxyl groups is 1. The first-order valence-corrected chi connectivity index (χ1v) is 6.65. The smallest absolute Gasteiger partial charge is 0.0558 e. The first kappa shape index (κ1) is 13.5. The van der Waals surface area contributed by atoms with Crippen LogP contribution in [-0.2, 0) is 0 Å². The predicted molar refractivity (Wildman–Crippen MR) is 73.3 cm³/mol. The van der Waals surface area contributed by atoms with Crippen LogP contribution in [0.25, 0.3) is 0 Å². The second-order valence-corrected chi connectivity index (χ2v) is 4.88. The minimum Gasteiger partial charge on any atom is -0.395 e. The van der Waals surface area contributed by atoms with Crippen LogP contribution in [0.3, 0.4) is 0 Å². The van der Waals surface area contributed by atoms with E-state index in [0.717, 1.165) is 39.3 Å². The van der Waals surface area contributed by atoms with Crippen LogP contribution in [0.15, 0.2) is 30.3 Å². The van der Waals surface area contributed by atoms with Gasteiger partial charge in [-0.05, 0) is 5.56 Å². The molecule has 0 saturated carbocycles. The number of piperazine rings is 1. The van der Waals surface area contributed by atoms with Gasteiger partial charge in [0.05, 0.1) is 6.61 Å². The number of nitrogens with two attached hydrogens (primary N) is 1. The van der Waals surface area contributed by atoms with Gasteiger partial charge in [0.2, 0.25) is 0 Å². The lowest BCUT2D eigenvalue weighted by Crippen LogP contribution is -2.48. The Morgan fingerprint density at radius 3 is 2.28 bits per heavy atom. The molecule has 2 rings (SSSR count). The molecule has 1 aromatic carbocycles. The maximum Gasteiger partial charge on any atom is 0.0558 e. The second-order valence-electron chi connectivity index (χ2n) is 4.88. The molecule has 0 bridgehead atoms. The molecule has 0 aliphatic carbocycles. The summed E-state index contributed by atoms with van der Waals surface area (Å²) in [6.45, 7) is 6.10. The molecule has 1 fully saturated rings. The average molecular weight is 249 g/mol. The van der Waals surface area contributed by atoms with Crippen molar-refractivity contribution in [2.24, 2.45) is 5.73 Å². The van der Waals surface area contributed by atoms with Crippen molar-refractivity contribution in [3.05, 3.63) is 35.9 Å². The van der Waals surface area contributed by atoms with E-state index < -0.39 is 0 Å². The lowest BCUT2D eigenvalue weighted by Gasteiger charge is -2.35. The molecular formula is C14H23N3O. The van der Waals surface area contributed by atoms with Crippen LogP contribution >= 0.6 is 0 Å². The molecule has 100 valence electrons. The molecule has 1 atom stereocenters. The summed E-state index contributed by atoms with van der Waals surface area (Å²) in [5, 5.41) is 8.90. The Morgan fingerprint density at radius 2 is 1.67 bits per heavy atom. The normalized spacial score (nSPS) is 19.9. The molecule has 0 aromatic heterocycles. The molecule has 1 heterocycles. The molecule has 0 spiro atoms. The van der Waals surface area contributed by atoms with Gasteiger partial charge in [-0.25, -0.2) is 0 Å². The zero-order chi connectivity index (χ0) is 12.8. The Labute approximate surface area is 109 Å². The summed E-state index contributed by atoms with van der Waals surface area (Å²) in [5.74, 6) is 0. The van der Waals surface area contributed by atoms with E-state index in [2.05, 4.69) is 21.9 Å². The number of β-amino-alcohol motifs (C(OH)–C–C–N with tert-alkyl or cyclic N) is 1. The molecule has 18 heavy (non-hydrogen) atoms. The van der Waals surface area contributed by atoms with Gasteiger partial charge < -0.3 is 10.8 Å². The largest absolute Gasteiger partial charge is 0.395 e. The summed E-state index contributed by atoms with van der Waals surface area (Å²) < 4.78 is 0. The SMILES string of the molecule is NC(CN1CCN(CCO)CC1)c1ccccc1. The third-order valence-corrected chi connectivity index (χ3v) is 3.56. The lowest BCUT2D eigenvalue weighted by atomic mass is 10.1. The van der Waals surface area contributed by atoms with Crippen molar-refractivity contribution >= 4 is 0 Å². The monoisotopic (exact) mass is 249 g/mol. The molecule has 1 aliphatic heterocycles. The molecule has 4 nitrogen and oxygen atoms in total. The number of benzene rings is 1. The zero-order valence-electron chi connectivity index (χ0n) is 10.8. The Kier molecular flexibility index (Phi) is 5.13. The lowest BCUT2D eigenvalue weighted by molar-refractivity contribution is 0.109. The fraction of sp³-hybridized carbons (Fsp3) is 0.571. The Morgan fingerprint density at radius 1 is 1.06 bits per heavy atom. The number of hydrogen-bond donors (Lipinski definition) is 2. The molecule has 0 radical (unpaired) electrons.